The molecule has 4 rings (SSSR count). The van der Waals surface area contributed by atoms with Crippen LogP contribution in [-0.2, 0) is 0 Å². The molecule has 0 unspecified atom stereocenters. The standard InChI is InChI=1S/C34H39F3O/c1-3-5-7-9-24-10-12-26(13-11-24)29-19-18-28(23-31(29)35)25-14-16-27(17-15-25)30-20-21-32(34(37)33(30)36)38-22-8-6-4-2/h3,5,14-21,23-24,26H,4,6-13,22H2,1-2H3. The predicted octanol–water partition coefficient (Wildman–Crippen LogP) is 10.6. The lowest BCUT2D eigenvalue weighted by molar-refractivity contribution is 0.286. The maximum absolute atomic E-state index is 15.2. The van der Waals surface area contributed by atoms with Crippen LogP contribution in [0, 0.1) is 23.4 Å². The third-order valence-corrected chi connectivity index (χ3v) is 7.85. The minimum absolute atomic E-state index is 0.0586. The molecule has 4 heteroatoms. The van der Waals surface area contributed by atoms with E-state index >= 15 is 4.39 Å². The first-order valence-corrected chi connectivity index (χ1v) is 14.1. The number of allylic oxidation sites excluding steroid dienone is 2. The van der Waals surface area contributed by atoms with Crippen LogP contribution in [-0.4, -0.2) is 6.61 Å². The number of benzene rings is 3. The molecule has 0 aromatic heterocycles. The van der Waals surface area contributed by atoms with E-state index < -0.39 is 11.6 Å². The fourth-order valence-electron chi connectivity index (χ4n) is 5.54. The van der Waals surface area contributed by atoms with Gasteiger partial charge in [0.1, 0.15) is 5.82 Å². The zero-order valence-corrected chi connectivity index (χ0v) is 22.6. The van der Waals surface area contributed by atoms with Crippen molar-refractivity contribution in [1.29, 1.82) is 0 Å². The lowest BCUT2D eigenvalue weighted by atomic mass is 9.77. The van der Waals surface area contributed by atoms with Gasteiger partial charge in [-0.05, 0) is 104 Å². The second kappa shape index (κ2) is 13.7. The predicted molar refractivity (Wildman–Crippen MR) is 151 cm³/mol. The van der Waals surface area contributed by atoms with Crippen LogP contribution >= 0.6 is 0 Å². The lowest BCUT2D eigenvalue weighted by Crippen LogP contribution is -2.14. The molecule has 3 aromatic carbocycles. The molecular weight excluding hydrogens is 481 g/mol. The Kier molecular flexibility index (Phi) is 10.1. The monoisotopic (exact) mass is 520 g/mol. The second-order valence-electron chi connectivity index (χ2n) is 10.5. The Bertz CT molecular complexity index is 1210. The number of hydrogen-bond donors (Lipinski definition) is 0. The Hall–Kier alpha value is -3.01. The van der Waals surface area contributed by atoms with Crippen LogP contribution in [0.15, 0.2) is 66.7 Å². The third-order valence-electron chi connectivity index (χ3n) is 7.85. The summed E-state index contributed by atoms with van der Waals surface area (Å²) in [5, 5.41) is 0. The third kappa shape index (κ3) is 6.89. The van der Waals surface area contributed by atoms with Gasteiger partial charge in [-0.15, -0.1) is 0 Å². The first kappa shape index (κ1) is 28.0. The number of ether oxygens (including phenoxy) is 1. The highest BCUT2D eigenvalue weighted by molar-refractivity contribution is 5.71. The van der Waals surface area contributed by atoms with Crippen molar-refractivity contribution in [2.75, 3.05) is 6.61 Å². The van der Waals surface area contributed by atoms with E-state index in [4.69, 9.17) is 4.74 Å². The van der Waals surface area contributed by atoms with Gasteiger partial charge in [0, 0.05) is 5.56 Å². The molecule has 0 spiro atoms. The normalized spacial score (nSPS) is 17.7. The molecule has 202 valence electrons. The molecule has 0 amide bonds. The van der Waals surface area contributed by atoms with Gasteiger partial charge in [0.25, 0.3) is 0 Å². The summed E-state index contributed by atoms with van der Waals surface area (Å²) >= 11 is 0. The largest absolute Gasteiger partial charge is 0.490 e. The summed E-state index contributed by atoms with van der Waals surface area (Å²) in [5.41, 5.74) is 3.17. The first-order chi connectivity index (χ1) is 18.5. The van der Waals surface area contributed by atoms with Crippen LogP contribution in [0.1, 0.15) is 83.1 Å². The summed E-state index contributed by atoms with van der Waals surface area (Å²) in [4.78, 5) is 0. The molecule has 0 aliphatic heterocycles. The lowest BCUT2D eigenvalue weighted by Gasteiger charge is -2.29. The Balaban J connectivity index is 1.41. The maximum atomic E-state index is 15.2. The van der Waals surface area contributed by atoms with Gasteiger partial charge in [-0.1, -0.05) is 68.3 Å². The van der Waals surface area contributed by atoms with Gasteiger partial charge in [-0.3, -0.25) is 0 Å². The zero-order valence-electron chi connectivity index (χ0n) is 22.6. The minimum Gasteiger partial charge on any atom is -0.490 e. The van der Waals surface area contributed by atoms with Crippen LogP contribution in [0.2, 0.25) is 0 Å². The molecule has 0 saturated heterocycles. The average Bonchev–Trinajstić information content (AvgIpc) is 2.94. The number of unbranched alkanes of at least 4 members (excludes halogenated alkanes) is 2. The summed E-state index contributed by atoms with van der Waals surface area (Å²) < 4.78 is 50.0. The highest BCUT2D eigenvalue weighted by atomic mass is 19.2. The van der Waals surface area contributed by atoms with Gasteiger partial charge in [0.05, 0.1) is 6.61 Å². The molecule has 0 heterocycles. The van der Waals surface area contributed by atoms with Crippen LogP contribution in [0.3, 0.4) is 0 Å². The SMILES string of the molecule is CC=CCCC1CCC(c2ccc(-c3ccc(-c4ccc(OCCCCC)c(F)c4F)cc3)cc2F)CC1. The number of hydrogen-bond acceptors (Lipinski definition) is 1. The Labute approximate surface area is 225 Å². The van der Waals surface area contributed by atoms with Crippen LogP contribution < -0.4 is 4.74 Å². The smallest absolute Gasteiger partial charge is 0.201 e. The molecule has 0 radical (unpaired) electrons. The van der Waals surface area contributed by atoms with Crippen molar-refractivity contribution >= 4 is 0 Å². The molecule has 0 bridgehead atoms. The van der Waals surface area contributed by atoms with Crippen LogP contribution in [0.4, 0.5) is 13.2 Å². The highest BCUT2D eigenvalue weighted by Gasteiger charge is 2.24. The molecule has 1 aliphatic carbocycles. The quantitative estimate of drug-likeness (QED) is 0.180. The second-order valence-corrected chi connectivity index (χ2v) is 10.5. The van der Waals surface area contributed by atoms with E-state index in [2.05, 4.69) is 26.0 Å². The molecule has 38 heavy (non-hydrogen) atoms. The van der Waals surface area contributed by atoms with E-state index in [9.17, 15) is 8.78 Å². The molecule has 0 N–H and O–H groups in total. The number of rotatable bonds is 11. The average molecular weight is 521 g/mol. The van der Waals surface area contributed by atoms with Crippen molar-refractivity contribution in [3.8, 4) is 28.0 Å². The van der Waals surface area contributed by atoms with Gasteiger partial charge >= 0.3 is 0 Å². The minimum atomic E-state index is -0.965. The van der Waals surface area contributed by atoms with Gasteiger partial charge in [-0.2, -0.15) is 4.39 Å². The van der Waals surface area contributed by atoms with Crippen LogP contribution in [0.25, 0.3) is 22.3 Å². The maximum Gasteiger partial charge on any atom is 0.201 e. The van der Waals surface area contributed by atoms with Gasteiger partial charge in [0.15, 0.2) is 11.6 Å². The van der Waals surface area contributed by atoms with Gasteiger partial charge in [-0.25, -0.2) is 8.78 Å². The van der Waals surface area contributed by atoms with Crippen molar-refractivity contribution < 1.29 is 17.9 Å². The summed E-state index contributed by atoms with van der Waals surface area (Å²) in [6.45, 7) is 4.50. The van der Waals surface area contributed by atoms with E-state index in [0.29, 0.717) is 12.2 Å². The first-order valence-electron chi connectivity index (χ1n) is 14.1. The van der Waals surface area contributed by atoms with Gasteiger partial charge < -0.3 is 4.74 Å². The summed E-state index contributed by atoms with van der Waals surface area (Å²) in [6.07, 6.45) is 13.9. The van der Waals surface area contributed by atoms with Crippen molar-refractivity contribution in [3.63, 3.8) is 0 Å². The summed E-state index contributed by atoms with van der Waals surface area (Å²) in [7, 11) is 0. The van der Waals surface area contributed by atoms with Crippen molar-refractivity contribution in [3.05, 3.63) is 89.8 Å². The van der Waals surface area contributed by atoms with E-state index in [1.54, 1.807) is 24.3 Å². The Morgan fingerprint density at radius 2 is 1.53 bits per heavy atom. The summed E-state index contributed by atoms with van der Waals surface area (Å²) in [5.74, 6) is -1.08. The molecule has 0 atom stereocenters. The fourth-order valence-corrected chi connectivity index (χ4v) is 5.54. The van der Waals surface area contributed by atoms with Crippen molar-refractivity contribution in [2.45, 2.75) is 77.6 Å². The van der Waals surface area contributed by atoms with E-state index in [-0.39, 0.29) is 23.0 Å². The van der Waals surface area contributed by atoms with E-state index in [1.807, 2.05) is 24.3 Å². The molecule has 1 fully saturated rings. The van der Waals surface area contributed by atoms with E-state index in [0.717, 1.165) is 74.0 Å². The number of halogens is 3. The molecule has 3 aromatic rings. The van der Waals surface area contributed by atoms with E-state index in [1.165, 1.54) is 12.5 Å². The van der Waals surface area contributed by atoms with Gasteiger partial charge in [0.2, 0.25) is 5.82 Å². The molecule has 1 saturated carbocycles. The highest BCUT2D eigenvalue weighted by Crippen LogP contribution is 2.39. The fraction of sp³-hybridized carbons (Fsp3) is 0.412. The van der Waals surface area contributed by atoms with Crippen molar-refractivity contribution in [1.82, 2.24) is 0 Å². The molecule has 1 aliphatic rings. The van der Waals surface area contributed by atoms with Crippen molar-refractivity contribution in [2.24, 2.45) is 5.92 Å². The summed E-state index contributed by atoms with van der Waals surface area (Å²) in [6, 6.07) is 15.7. The Morgan fingerprint density at radius 1 is 0.816 bits per heavy atom. The molecule has 1 nitrogen and oxygen atoms in total. The Morgan fingerprint density at radius 3 is 2.21 bits per heavy atom. The van der Waals surface area contributed by atoms with Crippen LogP contribution in [0.5, 0.6) is 5.75 Å². The topological polar surface area (TPSA) is 9.23 Å². The zero-order chi connectivity index (χ0) is 26.9. The molecular formula is C34H39F3O.